The minimum atomic E-state index is -0.512. The van der Waals surface area contributed by atoms with E-state index >= 15 is 0 Å². The third kappa shape index (κ3) is 3.16. The van der Waals surface area contributed by atoms with Crippen molar-refractivity contribution in [3.8, 4) is 5.69 Å². The lowest BCUT2D eigenvalue weighted by molar-refractivity contribution is 0.0938. The van der Waals surface area contributed by atoms with Crippen molar-refractivity contribution in [2.75, 3.05) is 0 Å². The maximum absolute atomic E-state index is 13.5. The number of halogens is 2. The Morgan fingerprint density at radius 1 is 0.933 bits per heavy atom. The van der Waals surface area contributed by atoms with Crippen molar-refractivity contribution in [1.29, 1.82) is 0 Å². The molecular formula is C23H15Cl2N3O2. The fourth-order valence-corrected chi connectivity index (χ4v) is 4.15. The van der Waals surface area contributed by atoms with Crippen LogP contribution in [0.15, 0.2) is 71.5 Å². The van der Waals surface area contributed by atoms with Crippen molar-refractivity contribution in [2.45, 2.75) is 12.5 Å². The molecule has 0 aliphatic carbocycles. The molecule has 5 nitrogen and oxygen atoms in total. The van der Waals surface area contributed by atoms with E-state index in [1.807, 2.05) is 30.3 Å². The molecule has 5 rings (SSSR count). The molecule has 0 bridgehead atoms. The standard InChI is InChI=1S/C23H15Cl2N3O2/c24-14-6-8-16-18(11-14)26-21-19(10-13-4-2-1-3-5-13)27-22(29)17-9-7-15(25)12-20(17)28(21)23(16)30/h1-9,11-12,19H,10H2,(H,27,29). The highest BCUT2D eigenvalue weighted by atomic mass is 35.5. The largest absolute Gasteiger partial charge is 0.342 e. The molecule has 0 saturated heterocycles. The van der Waals surface area contributed by atoms with Gasteiger partial charge in [-0.15, -0.1) is 0 Å². The Hall–Kier alpha value is -3.15. The smallest absolute Gasteiger partial charge is 0.266 e. The molecule has 1 N–H and O–H groups in total. The summed E-state index contributed by atoms with van der Waals surface area (Å²) in [7, 11) is 0. The van der Waals surface area contributed by atoms with Crippen molar-refractivity contribution >= 4 is 40.0 Å². The molecule has 3 aromatic carbocycles. The van der Waals surface area contributed by atoms with Crippen LogP contribution < -0.4 is 10.9 Å². The summed E-state index contributed by atoms with van der Waals surface area (Å²) in [6.07, 6.45) is 0.479. The molecule has 0 spiro atoms. The van der Waals surface area contributed by atoms with Crippen molar-refractivity contribution in [2.24, 2.45) is 0 Å². The SMILES string of the molecule is O=C1NC(Cc2ccccc2)c2nc3cc(Cl)ccc3c(=O)n2-c2cc(Cl)ccc21. The molecular weight excluding hydrogens is 421 g/mol. The molecule has 1 atom stereocenters. The minimum absolute atomic E-state index is 0.273. The molecule has 1 aliphatic rings. The van der Waals surface area contributed by atoms with Crippen LogP contribution in [-0.2, 0) is 6.42 Å². The Morgan fingerprint density at radius 3 is 2.47 bits per heavy atom. The lowest BCUT2D eigenvalue weighted by Gasteiger charge is -2.19. The summed E-state index contributed by atoms with van der Waals surface area (Å²) in [4.78, 5) is 31.3. The highest BCUT2D eigenvalue weighted by molar-refractivity contribution is 6.31. The van der Waals surface area contributed by atoms with Crippen LogP contribution in [0.2, 0.25) is 10.0 Å². The normalized spacial score (nSPS) is 15.3. The van der Waals surface area contributed by atoms with Crippen LogP contribution >= 0.6 is 23.2 Å². The number of aromatic nitrogens is 2. The lowest BCUT2D eigenvalue weighted by Crippen LogP contribution is -2.31. The number of nitrogens with zero attached hydrogens (tertiary/aromatic N) is 2. The molecule has 30 heavy (non-hydrogen) atoms. The molecule has 0 fully saturated rings. The van der Waals surface area contributed by atoms with Crippen LogP contribution in [0.5, 0.6) is 0 Å². The molecule has 1 unspecified atom stereocenters. The summed E-state index contributed by atoms with van der Waals surface area (Å²) in [6, 6.07) is 19.1. The fraction of sp³-hybridized carbons (Fsp3) is 0.0870. The first-order valence-corrected chi connectivity index (χ1v) is 10.1. The predicted molar refractivity (Wildman–Crippen MR) is 118 cm³/mol. The zero-order valence-corrected chi connectivity index (χ0v) is 17.1. The fourth-order valence-electron chi connectivity index (χ4n) is 3.82. The lowest BCUT2D eigenvalue weighted by atomic mass is 10.0. The van der Waals surface area contributed by atoms with Gasteiger partial charge in [-0.2, -0.15) is 0 Å². The quantitative estimate of drug-likeness (QED) is 0.495. The van der Waals surface area contributed by atoms with Gasteiger partial charge in [-0.05, 0) is 48.4 Å². The van der Waals surface area contributed by atoms with Gasteiger partial charge in [0.05, 0.1) is 28.2 Å². The van der Waals surface area contributed by atoms with Gasteiger partial charge < -0.3 is 5.32 Å². The highest BCUT2D eigenvalue weighted by Crippen LogP contribution is 2.29. The van der Waals surface area contributed by atoms with Crippen LogP contribution in [0.1, 0.15) is 27.8 Å². The summed E-state index contributed by atoms with van der Waals surface area (Å²) >= 11 is 12.4. The van der Waals surface area contributed by atoms with Gasteiger partial charge in [0.15, 0.2) is 0 Å². The second-order valence-electron chi connectivity index (χ2n) is 7.15. The monoisotopic (exact) mass is 435 g/mol. The summed E-state index contributed by atoms with van der Waals surface area (Å²) in [6.45, 7) is 0. The number of carbonyl (C=O) groups is 1. The van der Waals surface area contributed by atoms with Crippen molar-refractivity contribution in [1.82, 2.24) is 14.9 Å². The third-order valence-corrected chi connectivity index (χ3v) is 5.67. The number of carbonyl (C=O) groups excluding carboxylic acids is 1. The maximum atomic E-state index is 13.5. The first-order valence-electron chi connectivity index (χ1n) is 9.38. The summed E-state index contributed by atoms with van der Waals surface area (Å²) in [5.74, 6) is 0.155. The molecule has 148 valence electrons. The molecule has 1 amide bonds. The first kappa shape index (κ1) is 18.9. The summed E-state index contributed by atoms with van der Waals surface area (Å²) in [5.41, 5.74) is 2.01. The Bertz CT molecular complexity index is 1370. The second-order valence-corrected chi connectivity index (χ2v) is 8.02. The van der Waals surface area contributed by atoms with Gasteiger partial charge in [-0.25, -0.2) is 4.98 Å². The van der Waals surface area contributed by atoms with E-state index in [4.69, 9.17) is 28.2 Å². The van der Waals surface area contributed by atoms with Gasteiger partial charge >= 0.3 is 0 Å². The average Bonchev–Trinajstić information content (AvgIpc) is 2.83. The maximum Gasteiger partial charge on any atom is 0.266 e. The number of fused-ring (bicyclic) bond motifs is 4. The Balaban J connectivity index is 1.83. The topological polar surface area (TPSA) is 64.0 Å². The van der Waals surface area contributed by atoms with E-state index < -0.39 is 6.04 Å². The Morgan fingerprint density at radius 2 is 1.67 bits per heavy atom. The first-order chi connectivity index (χ1) is 14.5. The minimum Gasteiger partial charge on any atom is -0.342 e. The number of rotatable bonds is 2. The van der Waals surface area contributed by atoms with Crippen LogP contribution in [0.4, 0.5) is 0 Å². The van der Waals surface area contributed by atoms with Gasteiger partial charge in [0, 0.05) is 10.0 Å². The second kappa shape index (κ2) is 7.27. The highest BCUT2D eigenvalue weighted by Gasteiger charge is 2.30. The van der Waals surface area contributed by atoms with Crippen LogP contribution in [0.3, 0.4) is 0 Å². The van der Waals surface area contributed by atoms with Crippen molar-refractivity contribution in [3.05, 3.63) is 104 Å². The van der Waals surface area contributed by atoms with Gasteiger partial charge in [-0.3, -0.25) is 14.2 Å². The van der Waals surface area contributed by atoms with E-state index in [1.165, 1.54) is 4.57 Å². The van der Waals surface area contributed by atoms with Crippen LogP contribution in [-0.4, -0.2) is 15.5 Å². The number of benzene rings is 3. The van der Waals surface area contributed by atoms with Crippen LogP contribution in [0, 0.1) is 0 Å². The van der Waals surface area contributed by atoms with E-state index in [2.05, 4.69) is 5.32 Å². The molecule has 1 aromatic heterocycles. The van der Waals surface area contributed by atoms with Gasteiger partial charge in [0.2, 0.25) is 0 Å². The van der Waals surface area contributed by atoms with E-state index in [0.717, 1.165) is 5.56 Å². The van der Waals surface area contributed by atoms with Crippen molar-refractivity contribution < 1.29 is 4.79 Å². The predicted octanol–water partition coefficient (Wildman–Crippen LogP) is 4.72. The number of hydrogen-bond donors (Lipinski definition) is 1. The zero-order valence-electron chi connectivity index (χ0n) is 15.6. The van der Waals surface area contributed by atoms with Gasteiger partial charge in [0.25, 0.3) is 11.5 Å². The summed E-state index contributed by atoms with van der Waals surface area (Å²) in [5, 5.41) is 4.36. The van der Waals surface area contributed by atoms with Crippen LogP contribution in [0.25, 0.3) is 16.6 Å². The van der Waals surface area contributed by atoms with E-state index in [0.29, 0.717) is 44.4 Å². The Labute approximate surface area is 181 Å². The third-order valence-electron chi connectivity index (χ3n) is 5.20. The van der Waals surface area contributed by atoms with E-state index in [1.54, 1.807) is 36.4 Å². The molecule has 2 heterocycles. The zero-order chi connectivity index (χ0) is 20.8. The van der Waals surface area contributed by atoms with Crippen molar-refractivity contribution in [3.63, 3.8) is 0 Å². The molecule has 0 saturated carbocycles. The van der Waals surface area contributed by atoms with E-state index in [-0.39, 0.29) is 11.5 Å². The number of hydrogen-bond acceptors (Lipinski definition) is 3. The van der Waals surface area contributed by atoms with Gasteiger partial charge in [-0.1, -0.05) is 53.5 Å². The van der Waals surface area contributed by atoms with Gasteiger partial charge in [0.1, 0.15) is 5.82 Å². The number of amides is 1. The molecule has 7 heteroatoms. The van der Waals surface area contributed by atoms with E-state index in [9.17, 15) is 9.59 Å². The molecule has 1 aliphatic heterocycles. The Kier molecular flexibility index (Phi) is 4.57. The molecule has 4 aromatic rings. The molecule has 0 radical (unpaired) electrons. The number of nitrogens with one attached hydrogen (secondary N) is 1. The average molecular weight is 436 g/mol. The summed E-state index contributed by atoms with van der Waals surface area (Å²) < 4.78 is 1.49.